The van der Waals surface area contributed by atoms with Gasteiger partial charge in [-0.05, 0) is 168 Å². The molecule has 13 rings (SSSR count). The summed E-state index contributed by atoms with van der Waals surface area (Å²) in [7, 11) is 0. The lowest BCUT2D eigenvalue weighted by molar-refractivity contribution is -0.412. The molecule has 64 heavy (non-hydrogen) atoms. The SMILES string of the molecule is CC(C)(C)c1cc(-c2cccc3cccc(-c4ccccc4N(c4ccccc4)c4ccc(-c5ccc6c(c5)C5(c7ccccc7-6)C6CC7CC8CC5C786)cc4)c23)cc(C(C)(C)C)c1. The van der Waals surface area contributed by atoms with E-state index in [0.717, 1.165) is 40.7 Å². The number of rotatable bonds is 6. The number of anilines is 3. The van der Waals surface area contributed by atoms with Crippen molar-refractivity contribution < 1.29 is 0 Å². The molecule has 2 spiro atoms. The van der Waals surface area contributed by atoms with Crippen LogP contribution < -0.4 is 4.90 Å². The topological polar surface area (TPSA) is 3.24 Å². The van der Waals surface area contributed by atoms with Crippen molar-refractivity contribution in [3.05, 3.63) is 198 Å². The van der Waals surface area contributed by atoms with Crippen molar-refractivity contribution in [3.8, 4) is 44.5 Å². The molecule has 0 aromatic heterocycles. The van der Waals surface area contributed by atoms with Crippen LogP contribution in [-0.2, 0) is 16.2 Å². The molecule has 314 valence electrons. The van der Waals surface area contributed by atoms with Gasteiger partial charge in [-0.2, -0.15) is 0 Å². The predicted octanol–water partition coefficient (Wildman–Crippen LogP) is 16.8. The minimum Gasteiger partial charge on any atom is -0.310 e. The fraction of sp³-hybridized carbons (Fsp3) is 0.270. The van der Waals surface area contributed by atoms with Gasteiger partial charge in [0.15, 0.2) is 0 Å². The summed E-state index contributed by atoms with van der Waals surface area (Å²) in [6.07, 6.45) is 4.36. The first kappa shape index (κ1) is 38.3. The van der Waals surface area contributed by atoms with Gasteiger partial charge < -0.3 is 4.90 Å². The van der Waals surface area contributed by atoms with Gasteiger partial charge in [-0.3, -0.25) is 0 Å². The van der Waals surface area contributed by atoms with Gasteiger partial charge in [-0.25, -0.2) is 0 Å². The van der Waals surface area contributed by atoms with Crippen LogP contribution in [0, 0.1) is 29.1 Å². The van der Waals surface area contributed by atoms with E-state index in [-0.39, 0.29) is 16.2 Å². The van der Waals surface area contributed by atoms with Crippen LogP contribution in [0.15, 0.2) is 176 Å². The van der Waals surface area contributed by atoms with Crippen LogP contribution in [0.25, 0.3) is 55.3 Å². The van der Waals surface area contributed by atoms with E-state index in [1.54, 1.807) is 11.1 Å². The Morgan fingerprint density at radius 1 is 0.422 bits per heavy atom. The lowest BCUT2D eigenvalue weighted by Crippen LogP contribution is -2.88. The van der Waals surface area contributed by atoms with Crippen LogP contribution in [0.5, 0.6) is 0 Å². The van der Waals surface area contributed by atoms with E-state index in [0.29, 0.717) is 5.41 Å². The molecule has 5 aliphatic rings. The third kappa shape index (κ3) is 5.02. The summed E-state index contributed by atoms with van der Waals surface area (Å²) in [5, 5.41) is 2.53. The lowest BCUT2D eigenvalue weighted by Gasteiger charge is -2.92. The Morgan fingerprint density at radius 3 is 1.66 bits per heavy atom. The molecule has 5 aliphatic carbocycles. The van der Waals surface area contributed by atoms with Gasteiger partial charge in [0, 0.05) is 22.4 Å². The Hall–Kier alpha value is -6.18. The average Bonchev–Trinajstić information content (AvgIpc) is 3.58. The van der Waals surface area contributed by atoms with Crippen LogP contribution >= 0.6 is 0 Å². The summed E-state index contributed by atoms with van der Waals surface area (Å²) in [5.41, 5.74) is 20.9. The predicted molar refractivity (Wildman–Crippen MR) is 269 cm³/mol. The third-order valence-electron chi connectivity index (χ3n) is 17.2. The first-order valence-corrected chi connectivity index (χ1v) is 23.9. The first-order valence-electron chi connectivity index (χ1n) is 23.9. The van der Waals surface area contributed by atoms with Crippen molar-refractivity contribution in [1.29, 1.82) is 0 Å². The van der Waals surface area contributed by atoms with Crippen LogP contribution in [0.3, 0.4) is 0 Å². The number of fused-ring (bicyclic) bond motifs is 8. The van der Waals surface area contributed by atoms with Gasteiger partial charge in [0.1, 0.15) is 0 Å². The number of para-hydroxylation sites is 2. The number of hydrogen-bond donors (Lipinski definition) is 0. The van der Waals surface area contributed by atoms with Crippen LogP contribution in [0.1, 0.15) is 83.1 Å². The largest absolute Gasteiger partial charge is 0.310 e. The van der Waals surface area contributed by atoms with Gasteiger partial charge in [0.2, 0.25) is 0 Å². The van der Waals surface area contributed by atoms with Gasteiger partial charge in [0.05, 0.1) is 5.69 Å². The summed E-state index contributed by atoms with van der Waals surface area (Å²) in [6.45, 7) is 14.0. The molecular weight excluding hydrogens is 771 g/mol. The molecule has 0 heterocycles. The average molecular weight is 828 g/mol. The third-order valence-corrected chi connectivity index (χ3v) is 17.2. The molecule has 0 saturated heterocycles. The second-order valence-electron chi connectivity index (χ2n) is 22.1. The van der Waals surface area contributed by atoms with E-state index >= 15 is 0 Å². The molecule has 0 N–H and O–H groups in total. The molecular formula is C63H57N. The zero-order valence-corrected chi connectivity index (χ0v) is 38.1. The van der Waals surface area contributed by atoms with E-state index in [1.807, 2.05) is 0 Å². The highest BCUT2D eigenvalue weighted by atomic mass is 15.1. The zero-order chi connectivity index (χ0) is 43.3. The lowest BCUT2D eigenvalue weighted by atomic mass is 9.11. The van der Waals surface area contributed by atoms with E-state index in [9.17, 15) is 0 Å². The van der Waals surface area contributed by atoms with E-state index in [4.69, 9.17) is 0 Å². The van der Waals surface area contributed by atoms with E-state index in [2.05, 4.69) is 222 Å². The molecule has 0 radical (unpaired) electrons. The minimum atomic E-state index is 0.0201. The van der Waals surface area contributed by atoms with Crippen LogP contribution in [-0.4, -0.2) is 0 Å². The van der Waals surface area contributed by atoms with E-state index < -0.39 is 0 Å². The van der Waals surface area contributed by atoms with Gasteiger partial charge in [-0.1, -0.05) is 181 Å². The van der Waals surface area contributed by atoms with Crippen LogP contribution in [0.2, 0.25) is 0 Å². The molecule has 1 heteroatoms. The number of hydrogen-bond acceptors (Lipinski definition) is 1. The molecule has 0 bridgehead atoms. The molecule has 4 fully saturated rings. The summed E-state index contributed by atoms with van der Waals surface area (Å²) in [6, 6.07) is 67.2. The Labute approximate surface area is 379 Å². The Morgan fingerprint density at radius 2 is 0.984 bits per heavy atom. The second-order valence-corrected chi connectivity index (χ2v) is 22.1. The van der Waals surface area contributed by atoms with E-state index in [1.165, 1.54) is 85.7 Å². The zero-order valence-electron chi connectivity index (χ0n) is 38.1. The normalized spacial score (nSPS) is 24.3. The maximum Gasteiger partial charge on any atom is 0.0540 e. The van der Waals surface area contributed by atoms with Crippen molar-refractivity contribution in [2.45, 2.75) is 77.0 Å². The molecule has 4 unspecified atom stereocenters. The number of benzene rings is 8. The molecule has 4 saturated carbocycles. The molecule has 0 amide bonds. The first-order chi connectivity index (χ1) is 31.0. The quantitative estimate of drug-likeness (QED) is 0.161. The van der Waals surface area contributed by atoms with Crippen molar-refractivity contribution in [2.24, 2.45) is 29.1 Å². The highest BCUT2D eigenvalue weighted by Gasteiger charge is 2.90. The Kier molecular flexibility index (Phi) is 7.90. The molecule has 1 nitrogen and oxygen atoms in total. The maximum absolute atomic E-state index is 2.61. The highest BCUT2D eigenvalue weighted by molar-refractivity contribution is 6.09. The highest BCUT2D eigenvalue weighted by Crippen LogP contribution is 2.94. The standard InChI is InChI=1S/C63H57N/c1-60(2,3)43-32-42(33-44(35-43)61(4,5)6)49-22-14-16-40-17-15-23-53(59(40)49)52-21-11-13-25-56(52)64(47-18-8-7-9-19-47)48-29-26-39(27-30-48)41-28-31-51-50-20-10-12-24-54(50)63(55(51)34-41)57-37-45-36-46-38-58(63)62(45,46)57/h7-35,45-46,57-58H,36-38H2,1-6H3. The molecule has 8 aromatic rings. The summed E-state index contributed by atoms with van der Waals surface area (Å²) in [5.74, 6) is 3.67. The van der Waals surface area contributed by atoms with Gasteiger partial charge in [-0.15, -0.1) is 0 Å². The second kappa shape index (κ2) is 13.2. The van der Waals surface area contributed by atoms with Crippen molar-refractivity contribution >= 4 is 27.8 Å². The van der Waals surface area contributed by atoms with Gasteiger partial charge in [0.25, 0.3) is 0 Å². The Balaban J connectivity index is 0.922. The summed E-state index contributed by atoms with van der Waals surface area (Å²) in [4.78, 5) is 2.46. The minimum absolute atomic E-state index is 0.0201. The summed E-state index contributed by atoms with van der Waals surface area (Å²) >= 11 is 0. The smallest absolute Gasteiger partial charge is 0.0540 e. The van der Waals surface area contributed by atoms with Crippen molar-refractivity contribution in [1.82, 2.24) is 0 Å². The molecule has 4 atom stereocenters. The summed E-state index contributed by atoms with van der Waals surface area (Å²) < 4.78 is 0. The van der Waals surface area contributed by atoms with Crippen LogP contribution in [0.4, 0.5) is 17.1 Å². The fourth-order valence-electron chi connectivity index (χ4n) is 14.3. The monoisotopic (exact) mass is 827 g/mol. The van der Waals surface area contributed by atoms with Crippen molar-refractivity contribution in [2.75, 3.05) is 4.90 Å². The molecule has 8 aromatic carbocycles. The number of nitrogens with zero attached hydrogens (tertiary/aromatic N) is 1. The van der Waals surface area contributed by atoms with Crippen molar-refractivity contribution in [3.63, 3.8) is 0 Å². The van der Waals surface area contributed by atoms with Gasteiger partial charge >= 0.3 is 0 Å². The Bertz CT molecular complexity index is 3130. The maximum atomic E-state index is 2.61. The fourth-order valence-corrected chi connectivity index (χ4v) is 14.3. The molecule has 0 aliphatic heterocycles.